The van der Waals surface area contributed by atoms with Gasteiger partial charge in [0, 0.05) is 12.4 Å². The zero-order valence-corrected chi connectivity index (χ0v) is 10.00. The molecular formula is C14H13NO3. The average molecular weight is 243 g/mol. The molecule has 0 saturated carbocycles. The molecule has 1 aromatic heterocycles. The molecule has 4 nitrogen and oxygen atoms in total. The molecule has 0 aliphatic heterocycles. The maximum Gasteiger partial charge on any atom is 0.343 e. The SMILES string of the molecule is CCOc1ccc(C(=O)Oc2ccncc2)cc1. The molecule has 2 rings (SSSR count). The molecule has 0 aliphatic rings. The highest BCUT2D eigenvalue weighted by Crippen LogP contribution is 2.15. The van der Waals surface area contributed by atoms with Crippen LogP contribution in [0.4, 0.5) is 0 Å². The van der Waals surface area contributed by atoms with Gasteiger partial charge in [-0.2, -0.15) is 0 Å². The molecule has 0 atom stereocenters. The number of aromatic nitrogens is 1. The van der Waals surface area contributed by atoms with Crippen molar-refractivity contribution in [2.24, 2.45) is 0 Å². The van der Waals surface area contributed by atoms with Gasteiger partial charge in [-0.1, -0.05) is 0 Å². The van der Waals surface area contributed by atoms with Gasteiger partial charge in [0.2, 0.25) is 0 Å². The standard InChI is InChI=1S/C14H13NO3/c1-2-17-12-5-3-11(4-6-12)14(16)18-13-7-9-15-10-8-13/h3-10H,2H2,1H3. The molecule has 0 unspecified atom stereocenters. The first-order valence-corrected chi connectivity index (χ1v) is 5.64. The Balaban J connectivity index is 2.05. The minimum Gasteiger partial charge on any atom is -0.494 e. The number of carbonyl (C=O) groups is 1. The fourth-order valence-electron chi connectivity index (χ4n) is 1.43. The molecular weight excluding hydrogens is 230 g/mol. The molecule has 0 saturated heterocycles. The van der Waals surface area contributed by atoms with Crippen molar-refractivity contribution in [3.63, 3.8) is 0 Å². The Bertz CT molecular complexity index is 508. The van der Waals surface area contributed by atoms with Crippen LogP contribution in [0, 0.1) is 0 Å². The molecule has 0 fully saturated rings. The van der Waals surface area contributed by atoms with Gasteiger partial charge >= 0.3 is 5.97 Å². The summed E-state index contributed by atoms with van der Waals surface area (Å²) in [5, 5.41) is 0. The van der Waals surface area contributed by atoms with Gasteiger partial charge in [-0.3, -0.25) is 4.98 Å². The molecule has 1 aromatic carbocycles. The summed E-state index contributed by atoms with van der Waals surface area (Å²) in [4.78, 5) is 15.6. The molecule has 18 heavy (non-hydrogen) atoms. The second-order valence-corrected chi connectivity index (χ2v) is 3.53. The van der Waals surface area contributed by atoms with Crippen molar-refractivity contribution in [1.29, 1.82) is 0 Å². The van der Waals surface area contributed by atoms with E-state index in [0.29, 0.717) is 17.9 Å². The van der Waals surface area contributed by atoms with Crippen LogP contribution in [0.3, 0.4) is 0 Å². The largest absolute Gasteiger partial charge is 0.494 e. The molecule has 0 bridgehead atoms. The van der Waals surface area contributed by atoms with Gasteiger partial charge < -0.3 is 9.47 Å². The smallest absolute Gasteiger partial charge is 0.343 e. The van der Waals surface area contributed by atoms with Crippen LogP contribution in [0.2, 0.25) is 0 Å². The Morgan fingerprint density at radius 3 is 2.33 bits per heavy atom. The van der Waals surface area contributed by atoms with Gasteiger partial charge in [0.05, 0.1) is 12.2 Å². The molecule has 92 valence electrons. The number of carbonyl (C=O) groups excluding carboxylic acids is 1. The first-order valence-electron chi connectivity index (χ1n) is 5.64. The average Bonchev–Trinajstić information content (AvgIpc) is 2.41. The summed E-state index contributed by atoms with van der Waals surface area (Å²) in [5.74, 6) is 0.811. The third-order valence-electron chi connectivity index (χ3n) is 2.26. The third kappa shape index (κ3) is 3.07. The van der Waals surface area contributed by atoms with Gasteiger partial charge in [0.25, 0.3) is 0 Å². The fourth-order valence-corrected chi connectivity index (χ4v) is 1.43. The zero-order valence-electron chi connectivity index (χ0n) is 10.00. The summed E-state index contributed by atoms with van der Waals surface area (Å²) >= 11 is 0. The Kier molecular flexibility index (Phi) is 3.91. The first kappa shape index (κ1) is 12.1. The highest BCUT2D eigenvalue weighted by Gasteiger charge is 2.08. The Morgan fingerprint density at radius 1 is 1.06 bits per heavy atom. The van der Waals surface area contributed by atoms with Gasteiger partial charge in [0.1, 0.15) is 11.5 Å². The lowest BCUT2D eigenvalue weighted by Gasteiger charge is -2.05. The first-order chi connectivity index (χ1) is 8.79. The van der Waals surface area contributed by atoms with E-state index in [0.717, 1.165) is 5.75 Å². The number of benzene rings is 1. The van der Waals surface area contributed by atoms with E-state index in [4.69, 9.17) is 9.47 Å². The van der Waals surface area contributed by atoms with Crippen LogP contribution >= 0.6 is 0 Å². The number of nitrogens with zero attached hydrogens (tertiary/aromatic N) is 1. The lowest BCUT2D eigenvalue weighted by molar-refractivity contribution is 0.0734. The summed E-state index contributed by atoms with van der Waals surface area (Å²) in [6, 6.07) is 10.1. The van der Waals surface area contributed by atoms with Crippen LogP contribution in [-0.4, -0.2) is 17.6 Å². The van der Waals surface area contributed by atoms with E-state index >= 15 is 0 Å². The van der Waals surface area contributed by atoms with Crippen molar-refractivity contribution in [2.75, 3.05) is 6.61 Å². The minimum atomic E-state index is -0.399. The maximum atomic E-state index is 11.8. The maximum absolute atomic E-state index is 11.8. The number of ether oxygens (including phenoxy) is 2. The highest BCUT2D eigenvalue weighted by atomic mass is 16.5. The number of hydrogen-bond acceptors (Lipinski definition) is 4. The number of esters is 1. The normalized spacial score (nSPS) is 9.83. The molecule has 0 spiro atoms. The zero-order chi connectivity index (χ0) is 12.8. The summed E-state index contributed by atoms with van der Waals surface area (Å²) in [5.41, 5.74) is 0.482. The molecule has 4 heteroatoms. The van der Waals surface area contributed by atoms with E-state index in [9.17, 15) is 4.79 Å². The lowest BCUT2D eigenvalue weighted by Crippen LogP contribution is -2.08. The predicted molar refractivity (Wildman–Crippen MR) is 66.8 cm³/mol. The van der Waals surface area contributed by atoms with Crippen molar-refractivity contribution in [1.82, 2.24) is 4.98 Å². The van der Waals surface area contributed by atoms with Crippen molar-refractivity contribution < 1.29 is 14.3 Å². The monoisotopic (exact) mass is 243 g/mol. The summed E-state index contributed by atoms with van der Waals surface area (Å²) in [6.45, 7) is 2.51. The molecule has 0 aliphatic carbocycles. The highest BCUT2D eigenvalue weighted by molar-refractivity contribution is 5.91. The molecule has 0 radical (unpaired) electrons. The van der Waals surface area contributed by atoms with Gasteiger partial charge in [-0.05, 0) is 43.3 Å². The van der Waals surface area contributed by atoms with Crippen LogP contribution < -0.4 is 9.47 Å². The second kappa shape index (κ2) is 5.82. The Labute approximate surface area is 105 Å². The number of pyridine rings is 1. The third-order valence-corrected chi connectivity index (χ3v) is 2.26. The van der Waals surface area contributed by atoms with Crippen LogP contribution in [0.15, 0.2) is 48.8 Å². The van der Waals surface area contributed by atoms with Gasteiger partial charge in [0.15, 0.2) is 0 Å². The summed E-state index contributed by atoms with van der Waals surface area (Å²) < 4.78 is 10.5. The molecule has 0 amide bonds. The van der Waals surface area contributed by atoms with E-state index in [2.05, 4.69) is 4.98 Å². The molecule has 1 heterocycles. The van der Waals surface area contributed by atoms with Gasteiger partial charge in [-0.25, -0.2) is 4.79 Å². The summed E-state index contributed by atoms with van der Waals surface area (Å²) in [6.07, 6.45) is 3.14. The van der Waals surface area contributed by atoms with Crippen LogP contribution in [0.25, 0.3) is 0 Å². The minimum absolute atomic E-state index is 0.399. The van der Waals surface area contributed by atoms with Crippen LogP contribution in [0.5, 0.6) is 11.5 Å². The van der Waals surface area contributed by atoms with E-state index < -0.39 is 5.97 Å². The fraction of sp³-hybridized carbons (Fsp3) is 0.143. The van der Waals surface area contributed by atoms with Crippen LogP contribution in [0.1, 0.15) is 17.3 Å². The number of hydrogen-bond donors (Lipinski definition) is 0. The molecule has 0 N–H and O–H groups in total. The van der Waals surface area contributed by atoms with Crippen molar-refractivity contribution in [3.8, 4) is 11.5 Å². The quantitative estimate of drug-likeness (QED) is 0.775. The predicted octanol–water partition coefficient (Wildman–Crippen LogP) is 2.70. The number of rotatable bonds is 4. The molecule has 2 aromatic rings. The lowest BCUT2D eigenvalue weighted by atomic mass is 10.2. The van der Waals surface area contributed by atoms with Crippen molar-refractivity contribution in [3.05, 3.63) is 54.4 Å². The van der Waals surface area contributed by atoms with Crippen molar-refractivity contribution in [2.45, 2.75) is 6.92 Å². The topological polar surface area (TPSA) is 48.4 Å². The van der Waals surface area contributed by atoms with E-state index in [1.165, 1.54) is 0 Å². The Morgan fingerprint density at radius 2 is 1.72 bits per heavy atom. The summed E-state index contributed by atoms with van der Waals surface area (Å²) in [7, 11) is 0. The van der Waals surface area contributed by atoms with Gasteiger partial charge in [-0.15, -0.1) is 0 Å². The Hall–Kier alpha value is -2.36. The van der Waals surface area contributed by atoms with Crippen molar-refractivity contribution >= 4 is 5.97 Å². The van der Waals surface area contributed by atoms with Crippen LogP contribution in [-0.2, 0) is 0 Å². The van der Waals surface area contributed by atoms with E-state index in [-0.39, 0.29) is 0 Å². The second-order valence-electron chi connectivity index (χ2n) is 3.53. The van der Waals surface area contributed by atoms with E-state index in [1.807, 2.05) is 6.92 Å². The van der Waals surface area contributed by atoms with E-state index in [1.54, 1.807) is 48.8 Å².